The first-order valence-electron chi connectivity index (χ1n) is 7.85. The van der Waals surface area contributed by atoms with E-state index in [9.17, 15) is 13.6 Å². The Labute approximate surface area is 151 Å². The molecular formula is C18H11F2N5O2. The summed E-state index contributed by atoms with van der Waals surface area (Å²) in [5.41, 5.74) is 0.833. The quantitative estimate of drug-likeness (QED) is 0.398. The fourth-order valence-electron chi connectivity index (χ4n) is 2.56. The predicted octanol–water partition coefficient (Wildman–Crippen LogP) is 3.02. The van der Waals surface area contributed by atoms with Crippen molar-refractivity contribution in [3.63, 3.8) is 0 Å². The van der Waals surface area contributed by atoms with Crippen molar-refractivity contribution < 1.29 is 18.3 Å². The summed E-state index contributed by atoms with van der Waals surface area (Å²) in [5.74, 6) is -1.14. The Morgan fingerprint density at radius 1 is 1.15 bits per heavy atom. The van der Waals surface area contributed by atoms with Crippen LogP contribution in [0.5, 0.6) is 11.5 Å². The van der Waals surface area contributed by atoms with Crippen LogP contribution < -0.4 is 4.74 Å². The molecule has 0 aliphatic rings. The minimum absolute atomic E-state index is 0.120. The van der Waals surface area contributed by atoms with Gasteiger partial charge in [0.1, 0.15) is 23.6 Å². The minimum atomic E-state index is -0.663. The molecule has 9 heteroatoms. The van der Waals surface area contributed by atoms with Gasteiger partial charge in [-0.25, -0.2) is 18.9 Å². The highest BCUT2D eigenvalue weighted by molar-refractivity contribution is 6.02. The van der Waals surface area contributed by atoms with Crippen molar-refractivity contribution in [2.45, 2.75) is 6.42 Å². The molecule has 0 aliphatic heterocycles. The first-order valence-corrected chi connectivity index (χ1v) is 7.85. The maximum absolute atomic E-state index is 13.3. The number of ether oxygens (including phenoxy) is 1. The summed E-state index contributed by atoms with van der Waals surface area (Å²) >= 11 is 0. The van der Waals surface area contributed by atoms with Crippen LogP contribution in [0.25, 0.3) is 5.65 Å². The average molecular weight is 367 g/mol. The summed E-state index contributed by atoms with van der Waals surface area (Å²) in [4.78, 5) is 24.2. The van der Waals surface area contributed by atoms with Crippen molar-refractivity contribution >= 4 is 11.4 Å². The second kappa shape index (κ2) is 6.87. The number of carbonyl (C=O) groups is 1. The third-order valence-corrected chi connectivity index (χ3v) is 3.68. The summed E-state index contributed by atoms with van der Waals surface area (Å²) in [6.07, 6.45) is 5.07. The summed E-state index contributed by atoms with van der Waals surface area (Å²) < 4.78 is 33.5. The van der Waals surface area contributed by atoms with Gasteiger partial charge in [-0.3, -0.25) is 9.78 Å². The van der Waals surface area contributed by atoms with Gasteiger partial charge < -0.3 is 4.74 Å². The van der Waals surface area contributed by atoms with Gasteiger partial charge in [0.25, 0.3) is 0 Å². The molecule has 0 radical (unpaired) electrons. The fourth-order valence-corrected chi connectivity index (χ4v) is 2.56. The van der Waals surface area contributed by atoms with Crippen LogP contribution in [0, 0.1) is 11.8 Å². The van der Waals surface area contributed by atoms with E-state index in [4.69, 9.17) is 4.74 Å². The van der Waals surface area contributed by atoms with E-state index in [0.717, 1.165) is 12.3 Å². The van der Waals surface area contributed by atoms with Gasteiger partial charge in [0.2, 0.25) is 5.95 Å². The Morgan fingerprint density at radius 3 is 2.85 bits per heavy atom. The topological polar surface area (TPSA) is 82.3 Å². The Bertz CT molecular complexity index is 1150. The summed E-state index contributed by atoms with van der Waals surface area (Å²) in [6.45, 7) is 0. The van der Waals surface area contributed by atoms with Gasteiger partial charge in [-0.05, 0) is 18.2 Å². The Balaban J connectivity index is 1.69. The number of pyridine rings is 3. The fraction of sp³-hybridized carbons (Fsp3) is 0.0556. The largest absolute Gasteiger partial charge is 0.454 e. The number of nitrogens with zero attached hydrogens (tertiary/aromatic N) is 5. The van der Waals surface area contributed by atoms with Crippen molar-refractivity contribution in [3.05, 3.63) is 78.3 Å². The van der Waals surface area contributed by atoms with Crippen molar-refractivity contribution in [2.24, 2.45) is 0 Å². The van der Waals surface area contributed by atoms with Gasteiger partial charge in [0.05, 0.1) is 36.3 Å². The molecule has 0 amide bonds. The smallest absolute Gasteiger partial charge is 0.213 e. The van der Waals surface area contributed by atoms with Crippen LogP contribution in [0.1, 0.15) is 16.1 Å². The molecule has 4 aromatic heterocycles. The van der Waals surface area contributed by atoms with E-state index in [-0.39, 0.29) is 29.3 Å². The number of fused-ring (bicyclic) bond motifs is 1. The number of hydrogen-bond acceptors (Lipinski definition) is 6. The van der Waals surface area contributed by atoms with Gasteiger partial charge in [-0.2, -0.15) is 9.49 Å². The molecule has 0 atom stereocenters. The summed E-state index contributed by atoms with van der Waals surface area (Å²) in [5, 5.41) is 4.01. The first-order chi connectivity index (χ1) is 13.1. The lowest BCUT2D eigenvalue weighted by atomic mass is 10.1. The molecule has 4 heterocycles. The van der Waals surface area contributed by atoms with Crippen LogP contribution >= 0.6 is 0 Å². The van der Waals surface area contributed by atoms with E-state index in [0.29, 0.717) is 11.3 Å². The van der Waals surface area contributed by atoms with Crippen molar-refractivity contribution in [2.75, 3.05) is 0 Å². The zero-order chi connectivity index (χ0) is 18.8. The number of ketones is 1. The second-order valence-corrected chi connectivity index (χ2v) is 5.61. The highest BCUT2D eigenvalue weighted by Gasteiger charge is 2.17. The molecule has 0 fully saturated rings. The third-order valence-electron chi connectivity index (χ3n) is 3.68. The van der Waals surface area contributed by atoms with Crippen molar-refractivity contribution in [1.29, 1.82) is 0 Å². The maximum Gasteiger partial charge on any atom is 0.213 e. The monoisotopic (exact) mass is 367 g/mol. The molecular weight excluding hydrogens is 356 g/mol. The van der Waals surface area contributed by atoms with Crippen LogP contribution in [-0.2, 0) is 6.42 Å². The SMILES string of the molecule is O=C(Cc1cccc(F)n1)c1cc(Oc2cncc(F)c2)cn2ncnc12. The minimum Gasteiger partial charge on any atom is -0.454 e. The highest BCUT2D eigenvalue weighted by Crippen LogP contribution is 2.24. The zero-order valence-electron chi connectivity index (χ0n) is 13.7. The second-order valence-electron chi connectivity index (χ2n) is 5.61. The number of carbonyl (C=O) groups excluding carboxylic acids is 1. The van der Waals surface area contributed by atoms with Crippen molar-refractivity contribution in [3.8, 4) is 11.5 Å². The molecule has 134 valence electrons. The standard InChI is InChI=1S/C18H11F2N5O2/c19-11-4-13(8-21-7-11)27-14-6-15(18-22-10-23-25(18)9-14)16(26)5-12-2-1-3-17(20)24-12/h1-4,6-10H,5H2. The molecule has 7 nitrogen and oxygen atoms in total. The number of rotatable bonds is 5. The summed E-state index contributed by atoms with van der Waals surface area (Å²) in [7, 11) is 0. The van der Waals surface area contributed by atoms with Crippen LogP contribution in [0.3, 0.4) is 0 Å². The van der Waals surface area contributed by atoms with Crippen LogP contribution in [-0.4, -0.2) is 30.3 Å². The van der Waals surface area contributed by atoms with E-state index in [1.807, 2.05) is 0 Å². The number of Topliss-reactive ketones (excluding diaryl/α,β-unsaturated/α-hetero) is 1. The molecule has 0 saturated heterocycles. The number of halogens is 2. The van der Waals surface area contributed by atoms with Crippen LogP contribution in [0.4, 0.5) is 8.78 Å². The Morgan fingerprint density at radius 2 is 2.04 bits per heavy atom. The van der Waals surface area contributed by atoms with Crippen molar-refractivity contribution in [1.82, 2.24) is 24.6 Å². The van der Waals surface area contributed by atoms with E-state index in [1.54, 1.807) is 6.07 Å². The lowest BCUT2D eigenvalue weighted by Crippen LogP contribution is -2.08. The molecule has 0 aliphatic carbocycles. The predicted molar refractivity (Wildman–Crippen MR) is 89.5 cm³/mol. The Kier molecular flexibility index (Phi) is 4.25. The lowest BCUT2D eigenvalue weighted by Gasteiger charge is -2.09. The van der Waals surface area contributed by atoms with Gasteiger partial charge in [-0.15, -0.1) is 0 Å². The van der Waals surface area contributed by atoms with Gasteiger partial charge in [0, 0.05) is 6.07 Å². The Hall–Kier alpha value is -3.75. The molecule has 0 bridgehead atoms. The molecule has 0 unspecified atom stereocenters. The van der Waals surface area contributed by atoms with E-state index < -0.39 is 11.8 Å². The number of aromatic nitrogens is 5. The maximum atomic E-state index is 13.3. The van der Waals surface area contributed by atoms with Crippen LogP contribution in [0.15, 0.2) is 55.2 Å². The molecule has 4 aromatic rings. The molecule has 0 saturated carbocycles. The third kappa shape index (κ3) is 3.61. The molecule has 27 heavy (non-hydrogen) atoms. The first kappa shape index (κ1) is 16.7. The normalized spacial score (nSPS) is 10.9. The highest BCUT2D eigenvalue weighted by atomic mass is 19.1. The average Bonchev–Trinajstić information content (AvgIpc) is 3.09. The van der Waals surface area contributed by atoms with Gasteiger partial charge >= 0.3 is 0 Å². The molecule has 0 spiro atoms. The molecule has 0 N–H and O–H groups in total. The van der Waals surface area contributed by atoms with E-state index in [1.165, 1.54) is 41.4 Å². The lowest BCUT2D eigenvalue weighted by molar-refractivity contribution is 0.0992. The van der Waals surface area contributed by atoms with E-state index in [2.05, 4.69) is 20.1 Å². The summed E-state index contributed by atoms with van der Waals surface area (Å²) in [6, 6.07) is 6.87. The zero-order valence-corrected chi connectivity index (χ0v) is 13.7. The van der Waals surface area contributed by atoms with Gasteiger partial charge in [0.15, 0.2) is 11.4 Å². The van der Waals surface area contributed by atoms with E-state index >= 15 is 0 Å². The molecule has 4 rings (SSSR count). The molecule has 0 aromatic carbocycles. The van der Waals surface area contributed by atoms with Gasteiger partial charge in [-0.1, -0.05) is 6.07 Å². The number of hydrogen-bond donors (Lipinski definition) is 0. The van der Waals surface area contributed by atoms with Crippen LogP contribution in [0.2, 0.25) is 0 Å².